The Morgan fingerprint density at radius 1 is 0.922 bits per heavy atom. The lowest BCUT2D eigenvalue weighted by Gasteiger charge is -2.31. The van der Waals surface area contributed by atoms with E-state index < -0.39 is 47.3 Å². The minimum absolute atomic E-state index is 0.00356. The van der Waals surface area contributed by atoms with E-state index in [1.54, 1.807) is 36.5 Å². The Kier molecular flexibility index (Phi) is 8.63. The van der Waals surface area contributed by atoms with E-state index in [-0.39, 0.29) is 29.5 Å². The fourth-order valence-corrected chi connectivity index (χ4v) is 6.62. The highest BCUT2D eigenvalue weighted by atomic mass is 19.4. The zero-order valence-corrected chi connectivity index (χ0v) is 27.2. The van der Waals surface area contributed by atoms with Crippen LogP contribution in [0.25, 0.3) is 22.4 Å². The average Bonchev–Trinajstić information content (AvgIpc) is 3.38. The summed E-state index contributed by atoms with van der Waals surface area (Å²) in [4.78, 5) is 72.7. The quantitative estimate of drug-likeness (QED) is 0.261. The highest BCUT2D eigenvalue weighted by Gasteiger charge is 2.46. The van der Waals surface area contributed by atoms with Crippen molar-refractivity contribution in [2.45, 2.75) is 32.0 Å². The van der Waals surface area contributed by atoms with E-state index >= 15 is 0 Å². The van der Waals surface area contributed by atoms with Crippen molar-refractivity contribution in [3.8, 4) is 22.4 Å². The summed E-state index contributed by atoms with van der Waals surface area (Å²) in [6.45, 7) is 3.76. The number of nitrogens with zero attached hydrogens (tertiary/aromatic N) is 3. The van der Waals surface area contributed by atoms with Gasteiger partial charge < -0.3 is 15.0 Å². The molecule has 4 aromatic rings. The maximum Gasteiger partial charge on any atom is 0.416 e. The van der Waals surface area contributed by atoms with Crippen molar-refractivity contribution in [2.24, 2.45) is 0 Å². The summed E-state index contributed by atoms with van der Waals surface area (Å²) in [6.07, 6.45) is -2.97. The molecule has 11 nitrogen and oxygen atoms in total. The predicted molar refractivity (Wildman–Crippen MR) is 179 cm³/mol. The molecular formula is C37H30F3N5O6. The normalized spacial score (nSPS) is 17.8. The summed E-state index contributed by atoms with van der Waals surface area (Å²) in [6, 6.07) is 14.9. The van der Waals surface area contributed by atoms with Crippen LogP contribution in [0.4, 0.5) is 24.5 Å². The van der Waals surface area contributed by atoms with Gasteiger partial charge in [-0.25, -0.2) is 0 Å². The Hall–Kier alpha value is -5.89. The number of ether oxygens (including phenoxy) is 1. The molecule has 2 saturated heterocycles. The number of fused-ring (bicyclic) bond motifs is 1. The lowest BCUT2D eigenvalue weighted by molar-refractivity contribution is -0.138. The topological polar surface area (TPSA) is 138 Å². The van der Waals surface area contributed by atoms with Crippen LogP contribution in [-0.2, 0) is 20.5 Å². The van der Waals surface area contributed by atoms with Crippen molar-refractivity contribution < 1.29 is 41.9 Å². The van der Waals surface area contributed by atoms with E-state index in [2.05, 4.69) is 15.5 Å². The van der Waals surface area contributed by atoms with Gasteiger partial charge in [-0.3, -0.25) is 39.2 Å². The number of morpholine rings is 1. The molecular weight excluding hydrogens is 667 g/mol. The Balaban J connectivity index is 1.25. The second-order valence-corrected chi connectivity index (χ2v) is 12.4. The number of pyridine rings is 1. The molecule has 51 heavy (non-hydrogen) atoms. The first kappa shape index (κ1) is 33.6. The number of hydrogen-bond acceptors (Lipinski definition) is 8. The molecule has 3 aliphatic heterocycles. The zero-order chi connectivity index (χ0) is 36.0. The average molecular weight is 698 g/mol. The number of rotatable bonds is 6. The lowest BCUT2D eigenvalue weighted by atomic mass is 9.95. The molecule has 0 bridgehead atoms. The standard InChI is InChI=1S/C37H30F3N5O6/c1-20-8-9-24(42-33(47)21-4-2-5-23(16-21)37(38,39)40)18-27(20)22-17-29(44-12-14-51-15-13-44)32(41-19-22)25-6-3-7-26-31(25)36(50)45(35(26)49)28-10-11-30(46)43-34(28)48/h2-9,16-19,28H,10-15H2,1H3,(H,42,47)(H,43,46,48). The molecule has 5 amide bonds. The van der Waals surface area contributed by atoms with Gasteiger partial charge in [0.25, 0.3) is 17.7 Å². The number of piperidine rings is 1. The molecule has 1 aromatic heterocycles. The van der Waals surface area contributed by atoms with E-state index in [4.69, 9.17) is 9.72 Å². The van der Waals surface area contributed by atoms with Crippen molar-refractivity contribution >= 4 is 40.9 Å². The smallest absolute Gasteiger partial charge is 0.378 e. The number of carbonyl (C=O) groups is 5. The summed E-state index contributed by atoms with van der Waals surface area (Å²) in [5.41, 5.74) is 3.17. The van der Waals surface area contributed by atoms with Crippen LogP contribution in [0.15, 0.2) is 72.9 Å². The molecule has 0 radical (unpaired) electrons. The summed E-state index contributed by atoms with van der Waals surface area (Å²) in [5.74, 6) is -3.16. The van der Waals surface area contributed by atoms with E-state index in [1.807, 2.05) is 13.0 Å². The minimum atomic E-state index is -4.60. The number of nitrogens with one attached hydrogen (secondary N) is 2. The Bertz CT molecular complexity index is 2130. The number of amides is 5. The third-order valence-electron chi connectivity index (χ3n) is 9.20. The predicted octanol–water partition coefficient (Wildman–Crippen LogP) is 5.23. The second kappa shape index (κ2) is 13.1. The first-order chi connectivity index (χ1) is 24.4. The van der Waals surface area contributed by atoms with Crippen LogP contribution in [0.5, 0.6) is 0 Å². The third kappa shape index (κ3) is 6.34. The van der Waals surface area contributed by atoms with Crippen molar-refractivity contribution in [2.75, 3.05) is 36.5 Å². The number of hydrogen-bond donors (Lipinski definition) is 2. The summed E-state index contributed by atoms with van der Waals surface area (Å²) in [7, 11) is 0. The van der Waals surface area contributed by atoms with Crippen LogP contribution >= 0.6 is 0 Å². The molecule has 1 unspecified atom stereocenters. The van der Waals surface area contributed by atoms with Crippen LogP contribution in [0.3, 0.4) is 0 Å². The number of alkyl halides is 3. The molecule has 2 N–H and O–H groups in total. The van der Waals surface area contributed by atoms with Gasteiger partial charge in [0.05, 0.1) is 41.3 Å². The van der Waals surface area contributed by atoms with Crippen LogP contribution < -0.4 is 15.5 Å². The van der Waals surface area contributed by atoms with Crippen molar-refractivity contribution in [3.05, 3.63) is 101 Å². The van der Waals surface area contributed by atoms with Gasteiger partial charge in [0.1, 0.15) is 6.04 Å². The van der Waals surface area contributed by atoms with Crippen LogP contribution in [0, 0.1) is 6.92 Å². The largest absolute Gasteiger partial charge is 0.416 e. The van der Waals surface area contributed by atoms with Crippen LogP contribution in [-0.4, -0.2) is 71.8 Å². The molecule has 7 rings (SSSR count). The fraction of sp³-hybridized carbons (Fsp3) is 0.243. The number of aromatic nitrogens is 1. The van der Waals surface area contributed by atoms with Gasteiger partial charge in [0.2, 0.25) is 11.8 Å². The number of halogens is 3. The van der Waals surface area contributed by atoms with E-state index in [0.717, 1.165) is 22.6 Å². The number of anilines is 2. The molecule has 0 saturated carbocycles. The first-order valence-electron chi connectivity index (χ1n) is 16.2. The summed E-state index contributed by atoms with van der Waals surface area (Å²) >= 11 is 0. The van der Waals surface area contributed by atoms with E-state index in [1.165, 1.54) is 18.2 Å². The fourth-order valence-electron chi connectivity index (χ4n) is 6.62. The molecule has 3 aliphatic rings. The molecule has 2 fully saturated rings. The van der Waals surface area contributed by atoms with Crippen molar-refractivity contribution in [1.82, 2.24) is 15.2 Å². The van der Waals surface area contributed by atoms with E-state index in [9.17, 15) is 37.1 Å². The highest BCUT2D eigenvalue weighted by molar-refractivity contribution is 6.26. The molecule has 260 valence electrons. The van der Waals surface area contributed by atoms with Crippen LogP contribution in [0.1, 0.15) is 55.0 Å². The molecule has 14 heteroatoms. The van der Waals surface area contributed by atoms with Crippen molar-refractivity contribution in [1.29, 1.82) is 0 Å². The van der Waals surface area contributed by atoms with Crippen LogP contribution in [0.2, 0.25) is 0 Å². The SMILES string of the molecule is Cc1ccc(NC(=O)c2cccc(C(F)(F)F)c2)cc1-c1cnc(-c2cccc3c2C(=O)N(C2CCC(=O)NC2=O)C3=O)c(N2CCOCC2)c1. The lowest BCUT2D eigenvalue weighted by Crippen LogP contribution is -2.54. The molecule has 0 aliphatic carbocycles. The van der Waals surface area contributed by atoms with Gasteiger partial charge in [0.15, 0.2) is 0 Å². The monoisotopic (exact) mass is 697 g/mol. The minimum Gasteiger partial charge on any atom is -0.378 e. The molecule has 4 heterocycles. The Morgan fingerprint density at radius 2 is 1.67 bits per heavy atom. The van der Waals surface area contributed by atoms with Gasteiger partial charge in [-0.15, -0.1) is 0 Å². The van der Waals surface area contributed by atoms with Crippen molar-refractivity contribution in [3.63, 3.8) is 0 Å². The second-order valence-electron chi connectivity index (χ2n) is 12.4. The highest BCUT2D eigenvalue weighted by Crippen LogP contribution is 2.40. The Morgan fingerprint density at radius 3 is 2.41 bits per heavy atom. The number of aryl methyl sites for hydroxylation is 1. The first-order valence-corrected chi connectivity index (χ1v) is 16.2. The molecule has 3 aromatic carbocycles. The van der Waals surface area contributed by atoms with Gasteiger partial charge in [0, 0.05) is 48.1 Å². The zero-order valence-electron chi connectivity index (χ0n) is 27.2. The van der Waals surface area contributed by atoms with Gasteiger partial charge in [-0.1, -0.05) is 24.3 Å². The van der Waals surface area contributed by atoms with E-state index in [0.29, 0.717) is 60.1 Å². The summed E-state index contributed by atoms with van der Waals surface area (Å²) < 4.78 is 45.4. The van der Waals surface area contributed by atoms with Gasteiger partial charge in [-0.2, -0.15) is 13.2 Å². The Labute approximate surface area is 289 Å². The maximum atomic E-state index is 13.9. The number of carbonyl (C=O) groups excluding carboxylic acids is 5. The number of benzene rings is 3. The molecule has 0 spiro atoms. The number of imide groups is 2. The third-order valence-corrected chi connectivity index (χ3v) is 9.20. The van der Waals surface area contributed by atoms with Gasteiger partial charge in [-0.05, 0) is 66.9 Å². The maximum absolute atomic E-state index is 13.9. The van der Waals surface area contributed by atoms with Gasteiger partial charge >= 0.3 is 6.18 Å². The summed E-state index contributed by atoms with van der Waals surface area (Å²) in [5, 5.41) is 4.90. The molecule has 1 atom stereocenters.